The van der Waals surface area contributed by atoms with Crippen LogP contribution in [0.25, 0.3) is 0 Å². The van der Waals surface area contributed by atoms with Gasteiger partial charge in [0.15, 0.2) is 0 Å². The number of amides is 1. The van der Waals surface area contributed by atoms with Gasteiger partial charge in [0.1, 0.15) is 6.54 Å². The van der Waals surface area contributed by atoms with E-state index in [2.05, 4.69) is 15.7 Å². The number of hydrogen-bond acceptors (Lipinski definition) is 4. The lowest BCUT2D eigenvalue weighted by atomic mass is 9.79. The zero-order valence-electron chi connectivity index (χ0n) is 13.9. The van der Waals surface area contributed by atoms with Gasteiger partial charge >= 0.3 is 0 Å². The van der Waals surface area contributed by atoms with Crippen molar-refractivity contribution >= 4 is 29.9 Å². The minimum atomic E-state index is -0.0451. The van der Waals surface area contributed by atoms with Crippen LogP contribution in [-0.2, 0) is 16.1 Å². The van der Waals surface area contributed by atoms with E-state index in [0.29, 0.717) is 18.2 Å². The molecule has 1 fully saturated rings. The summed E-state index contributed by atoms with van der Waals surface area (Å²) in [5.41, 5.74) is 1.60. The molecule has 6 nitrogen and oxygen atoms in total. The Morgan fingerprint density at radius 2 is 2.09 bits per heavy atom. The molecule has 1 aliphatic heterocycles. The van der Waals surface area contributed by atoms with E-state index in [0.717, 1.165) is 37.3 Å². The fraction of sp³-hybridized carbons (Fsp3) is 0.733. The molecule has 1 aliphatic rings. The molecule has 0 spiro atoms. The molecule has 1 aromatic heterocycles. The van der Waals surface area contributed by atoms with Crippen molar-refractivity contribution in [2.75, 3.05) is 33.4 Å². The molecular formula is C15H26Cl2N4O2. The van der Waals surface area contributed by atoms with Crippen LogP contribution >= 0.6 is 24.0 Å². The number of aryl methyl sites for hydroxylation is 1. The van der Waals surface area contributed by atoms with Crippen LogP contribution < -0.4 is 10.6 Å². The van der Waals surface area contributed by atoms with Crippen molar-refractivity contribution in [3.8, 4) is 0 Å². The number of carbonyl (C=O) groups is 1. The minimum Gasteiger partial charge on any atom is -0.384 e. The lowest BCUT2D eigenvalue weighted by molar-refractivity contribution is -0.122. The van der Waals surface area contributed by atoms with Crippen molar-refractivity contribution in [2.24, 2.45) is 5.41 Å². The van der Waals surface area contributed by atoms with Crippen molar-refractivity contribution in [1.29, 1.82) is 0 Å². The van der Waals surface area contributed by atoms with E-state index >= 15 is 0 Å². The van der Waals surface area contributed by atoms with Crippen molar-refractivity contribution in [3.63, 3.8) is 0 Å². The second kappa shape index (κ2) is 8.87. The lowest BCUT2D eigenvalue weighted by Gasteiger charge is -2.37. The smallest absolute Gasteiger partial charge is 0.241 e. The number of ether oxygens (including phenoxy) is 1. The maximum absolute atomic E-state index is 12.2. The van der Waals surface area contributed by atoms with Crippen LogP contribution in [0.15, 0.2) is 0 Å². The first-order valence-electron chi connectivity index (χ1n) is 7.63. The van der Waals surface area contributed by atoms with Crippen molar-refractivity contribution in [3.05, 3.63) is 16.4 Å². The summed E-state index contributed by atoms with van der Waals surface area (Å²) in [6.45, 7) is 7.13. The van der Waals surface area contributed by atoms with Gasteiger partial charge in [0.25, 0.3) is 0 Å². The average Bonchev–Trinajstić information content (AvgIpc) is 2.74. The summed E-state index contributed by atoms with van der Waals surface area (Å²) in [7, 11) is 1.71. The standard InChI is InChI=1S/C15H25ClN4O2.ClH/c1-11-14(16)12(2)20(19-11)8-13(21)18-9-15(10-22-3)4-6-17-7-5-15;/h17H,4-10H2,1-3H3,(H,18,21);1H. The SMILES string of the molecule is COCC1(CNC(=O)Cn2nc(C)c(Cl)c2C)CCNCC1.Cl. The third kappa shape index (κ3) is 5.08. The van der Waals surface area contributed by atoms with E-state index in [-0.39, 0.29) is 30.3 Å². The molecule has 0 unspecified atom stereocenters. The molecule has 1 aromatic rings. The largest absolute Gasteiger partial charge is 0.384 e. The monoisotopic (exact) mass is 364 g/mol. The molecule has 8 heteroatoms. The predicted molar refractivity (Wildman–Crippen MR) is 93.4 cm³/mol. The second-order valence-corrected chi connectivity index (χ2v) is 6.48. The Morgan fingerprint density at radius 1 is 1.43 bits per heavy atom. The van der Waals surface area contributed by atoms with Gasteiger partial charge in [-0.2, -0.15) is 5.10 Å². The molecule has 23 heavy (non-hydrogen) atoms. The minimum absolute atomic E-state index is 0. The highest BCUT2D eigenvalue weighted by Crippen LogP contribution is 2.28. The molecule has 0 aliphatic carbocycles. The zero-order valence-corrected chi connectivity index (χ0v) is 15.5. The number of methoxy groups -OCH3 is 1. The Hall–Kier alpha value is -0.820. The Bertz CT molecular complexity index is 522. The van der Waals surface area contributed by atoms with Crippen LogP contribution in [0.4, 0.5) is 0 Å². The van der Waals surface area contributed by atoms with Crippen LogP contribution in [0.1, 0.15) is 24.2 Å². The number of nitrogens with one attached hydrogen (secondary N) is 2. The number of rotatable bonds is 6. The molecular weight excluding hydrogens is 339 g/mol. The van der Waals surface area contributed by atoms with Crippen LogP contribution in [0.2, 0.25) is 5.02 Å². The number of halogens is 2. The number of piperidine rings is 1. The fourth-order valence-electron chi connectivity index (χ4n) is 2.94. The quantitative estimate of drug-likeness (QED) is 0.806. The molecule has 0 aromatic carbocycles. The number of hydrogen-bond donors (Lipinski definition) is 2. The zero-order chi connectivity index (χ0) is 16.2. The lowest BCUT2D eigenvalue weighted by Crippen LogP contribution is -2.47. The van der Waals surface area contributed by atoms with Gasteiger partial charge in [-0.05, 0) is 39.8 Å². The van der Waals surface area contributed by atoms with Crippen molar-refractivity contribution in [1.82, 2.24) is 20.4 Å². The first kappa shape index (κ1) is 20.2. The third-order valence-corrected chi connectivity index (χ3v) is 4.91. The molecule has 0 saturated carbocycles. The fourth-order valence-corrected chi connectivity index (χ4v) is 3.08. The summed E-state index contributed by atoms with van der Waals surface area (Å²) in [6.07, 6.45) is 2.01. The van der Waals surface area contributed by atoms with E-state index in [9.17, 15) is 4.79 Å². The van der Waals surface area contributed by atoms with E-state index < -0.39 is 0 Å². The highest BCUT2D eigenvalue weighted by molar-refractivity contribution is 6.31. The van der Waals surface area contributed by atoms with Gasteiger partial charge in [-0.3, -0.25) is 9.48 Å². The van der Waals surface area contributed by atoms with Gasteiger partial charge < -0.3 is 15.4 Å². The van der Waals surface area contributed by atoms with Gasteiger partial charge in [0, 0.05) is 19.1 Å². The van der Waals surface area contributed by atoms with E-state index in [4.69, 9.17) is 16.3 Å². The first-order chi connectivity index (χ1) is 10.5. The number of carbonyl (C=O) groups excluding carboxylic acids is 1. The van der Waals surface area contributed by atoms with Crippen molar-refractivity contribution in [2.45, 2.75) is 33.2 Å². The molecule has 2 N–H and O–H groups in total. The van der Waals surface area contributed by atoms with Gasteiger partial charge in [-0.15, -0.1) is 12.4 Å². The molecule has 0 radical (unpaired) electrons. The highest BCUT2D eigenvalue weighted by atomic mass is 35.5. The summed E-state index contributed by atoms with van der Waals surface area (Å²) < 4.78 is 7.01. The van der Waals surface area contributed by atoms with E-state index in [1.165, 1.54) is 0 Å². The van der Waals surface area contributed by atoms with Gasteiger partial charge in [-0.1, -0.05) is 11.6 Å². The van der Waals surface area contributed by atoms with Crippen LogP contribution in [-0.4, -0.2) is 49.0 Å². The first-order valence-corrected chi connectivity index (χ1v) is 8.01. The van der Waals surface area contributed by atoms with E-state index in [1.54, 1.807) is 11.8 Å². The maximum atomic E-state index is 12.2. The second-order valence-electron chi connectivity index (χ2n) is 6.10. The summed E-state index contributed by atoms with van der Waals surface area (Å²) in [5, 5.41) is 11.3. The molecule has 1 saturated heterocycles. The number of aromatic nitrogens is 2. The van der Waals surface area contributed by atoms with Gasteiger partial charge in [0.05, 0.1) is 23.0 Å². The van der Waals surface area contributed by atoms with Crippen LogP contribution in [0, 0.1) is 19.3 Å². The van der Waals surface area contributed by atoms with E-state index in [1.807, 2.05) is 13.8 Å². The van der Waals surface area contributed by atoms with Crippen LogP contribution in [0.5, 0.6) is 0 Å². The molecule has 1 amide bonds. The maximum Gasteiger partial charge on any atom is 0.241 e. The molecule has 2 heterocycles. The summed E-state index contributed by atoms with van der Waals surface area (Å²) >= 11 is 6.11. The van der Waals surface area contributed by atoms with Crippen molar-refractivity contribution < 1.29 is 9.53 Å². The summed E-state index contributed by atoms with van der Waals surface area (Å²) in [5.74, 6) is -0.0451. The van der Waals surface area contributed by atoms with Gasteiger partial charge in [-0.25, -0.2) is 0 Å². The normalized spacial score (nSPS) is 16.7. The Kier molecular flexibility index (Phi) is 7.80. The third-order valence-electron chi connectivity index (χ3n) is 4.36. The molecule has 132 valence electrons. The topological polar surface area (TPSA) is 68.2 Å². The number of nitrogens with zero attached hydrogens (tertiary/aromatic N) is 2. The summed E-state index contributed by atoms with van der Waals surface area (Å²) in [4.78, 5) is 12.2. The molecule has 0 bridgehead atoms. The Labute approximate surface area is 148 Å². The van der Waals surface area contributed by atoms with Gasteiger partial charge in [0.2, 0.25) is 5.91 Å². The van der Waals surface area contributed by atoms with Crippen LogP contribution in [0.3, 0.4) is 0 Å². The average molecular weight is 365 g/mol. The molecule has 2 rings (SSSR count). The highest BCUT2D eigenvalue weighted by Gasteiger charge is 2.32. The summed E-state index contributed by atoms with van der Waals surface area (Å²) in [6, 6.07) is 0. The molecule has 0 atom stereocenters. The Morgan fingerprint density at radius 3 is 2.61 bits per heavy atom. The Balaban J connectivity index is 0.00000264. The predicted octanol–water partition coefficient (Wildman–Crippen LogP) is 1.71.